The van der Waals surface area contributed by atoms with E-state index in [1.54, 1.807) is 24.3 Å². The van der Waals surface area contributed by atoms with Gasteiger partial charge in [-0.2, -0.15) is 0 Å². The molecule has 0 aromatic rings. The molecule has 0 aromatic heterocycles. The van der Waals surface area contributed by atoms with E-state index in [0.717, 1.165) is 12.8 Å². The molecular formula is C21H36N2O2. The molecule has 2 unspecified atom stereocenters. The third-order valence-corrected chi connectivity index (χ3v) is 5.32. The Morgan fingerprint density at radius 2 is 1.36 bits per heavy atom. The van der Waals surface area contributed by atoms with Crippen molar-refractivity contribution in [2.45, 2.75) is 84.0 Å². The summed E-state index contributed by atoms with van der Waals surface area (Å²) >= 11 is 0. The van der Waals surface area contributed by atoms with E-state index in [9.17, 15) is 9.59 Å². The first kappa shape index (κ1) is 21.5. The van der Waals surface area contributed by atoms with Crippen molar-refractivity contribution in [1.82, 2.24) is 0 Å². The predicted molar refractivity (Wildman–Crippen MR) is 104 cm³/mol. The van der Waals surface area contributed by atoms with E-state index in [-0.39, 0.29) is 0 Å². The second kappa shape index (κ2) is 11.9. The lowest BCUT2D eigenvalue weighted by atomic mass is 9.68. The van der Waals surface area contributed by atoms with Crippen molar-refractivity contribution in [1.29, 1.82) is 0 Å². The molecule has 0 aromatic carbocycles. The Kier molecular flexibility index (Phi) is 10.2. The molecular weight excluding hydrogens is 312 g/mol. The second-order valence-electron chi connectivity index (χ2n) is 7.31. The highest BCUT2D eigenvalue weighted by atomic mass is 16.2. The fourth-order valence-electron chi connectivity index (χ4n) is 3.71. The Bertz CT molecular complexity index is 471. The van der Waals surface area contributed by atoms with E-state index in [1.807, 2.05) is 0 Å². The van der Waals surface area contributed by atoms with Crippen molar-refractivity contribution < 1.29 is 9.59 Å². The lowest BCUT2D eigenvalue weighted by molar-refractivity contribution is -0.134. The first-order chi connectivity index (χ1) is 12.0. The maximum Gasteiger partial charge on any atom is 0.228 e. The molecule has 0 radical (unpaired) electrons. The average Bonchev–Trinajstić information content (AvgIpc) is 2.59. The largest absolute Gasteiger partial charge is 0.369 e. The maximum atomic E-state index is 12.0. The quantitative estimate of drug-likeness (QED) is 0.456. The zero-order valence-electron chi connectivity index (χ0n) is 15.8. The van der Waals surface area contributed by atoms with Gasteiger partial charge in [-0.15, -0.1) is 0 Å². The minimum Gasteiger partial charge on any atom is -0.369 e. The van der Waals surface area contributed by atoms with Gasteiger partial charge in [-0.25, -0.2) is 0 Å². The summed E-state index contributed by atoms with van der Waals surface area (Å²) in [5, 5.41) is 0. The Hall–Kier alpha value is -1.58. The standard InChI is InChI=1S/C21H36N2O2/c1-2-3-4-5-6-7-8-9-10-11-13-16-21(20(23)25)17-14-12-15-18(21)19(22)24/h12,14-15,17-18H,2-11,13,16H2,1H3,(H2,22,24)(H2,23,25). The lowest BCUT2D eigenvalue weighted by Gasteiger charge is -2.34. The number of hydrogen-bond donors (Lipinski definition) is 2. The van der Waals surface area contributed by atoms with E-state index in [4.69, 9.17) is 11.5 Å². The molecule has 0 heterocycles. The molecule has 0 saturated heterocycles. The highest BCUT2D eigenvalue weighted by Crippen LogP contribution is 2.38. The highest BCUT2D eigenvalue weighted by molar-refractivity contribution is 5.92. The van der Waals surface area contributed by atoms with Crippen molar-refractivity contribution in [2.75, 3.05) is 0 Å². The highest BCUT2D eigenvalue weighted by Gasteiger charge is 2.44. The van der Waals surface area contributed by atoms with Crippen LogP contribution in [-0.4, -0.2) is 11.8 Å². The minimum absolute atomic E-state index is 0.455. The summed E-state index contributed by atoms with van der Waals surface area (Å²) in [5.74, 6) is -1.57. The topological polar surface area (TPSA) is 86.2 Å². The molecule has 0 aliphatic heterocycles. The van der Waals surface area contributed by atoms with Gasteiger partial charge in [0.15, 0.2) is 0 Å². The number of hydrogen-bond acceptors (Lipinski definition) is 2. The van der Waals surface area contributed by atoms with E-state index in [2.05, 4.69) is 6.92 Å². The molecule has 0 saturated carbocycles. The van der Waals surface area contributed by atoms with Crippen molar-refractivity contribution in [2.24, 2.45) is 22.8 Å². The van der Waals surface area contributed by atoms with Crippen LogP contribution in [0.5, 0.6) is 0 Å². The Balaban J connectivity index is 2.24. The number of carbonyl (C=O) groups is 2. The summed E-state index contributed by atoms with van der Waals surface area (Å²) in [7, 11) is 0. The molecule has 4 heteroatoms. The third kappa shape index (κ3) is 7.05. The normalized spacial score (nSPS) is 22.2. The molecule has 25 heavy (non-hydrogen) atoms. The molecule has 0 fully saturated rings. The number of unbranched alkanes of at least 4 members (excludes halogenated alkanes) is 10. The van der Waals surface area contributed by atoms with Crippen LogP contribution in [0.1, 0.15) is 84.0 Å². The first-order valence-corrected chi connectivity index (χ1v) is 10.00. The molecule has 142 valence electrons. The van der Waals surface area contributed by atoms with Crippen molar-refractivity contribution >= 4 is 11.8 Å². The van der Waals surface area contributed by atoms with Crippen LogP contribution in [0.4, 0.5) is 0 Å². The molecule has 1 aliphatic carbocycles. The maximum absolute atomic E-state index is 12.0. The molecule has 4 N–H and O–H groups in total. The molecule has 0 bridgehead atoms. The summed E-state index contributed by atoms with van der Waals surface area (Å²) in [6.45, 7) is 2.24. The van der Waals surface area contributed by atoms with Crippen LogP contribution in [0.3, 0.4) is 0 Å². The molecule has 2 amide bonds. The van der Waals surface area contributed by atoms with Crippen LogP contribution in [0.2, 0.25) is 0 Å². The Labute approximate surface area is 153 Å². The zero-order valence-corrected chi connectivity index (χ0v) is 15.8. The average molecular weight is 349 g/mol. The fraction of sp³-hybridized carbons (Fsp3) is 0.714. The molecule has 0 spiro atoms. The van der Waals surface area contributed by atoms with Gasteiger partial charge in [0.1, 0.15) is 0 Å². The van der Waals surface area contributed by atoms with Crippen molar-refractivity contribution in [3.05, 3.63) is 24.3 Å². The fourth-order valence-corrected chi connectivity index (χ4v) is 3.71. The van der Waals surface area contributed by atoms with Gasteiger partial charge in [-0.3, -0.25) is 9.59 Å². The summed E-state index contributed by atoms with van der Waals surface area (Å²) in [6, 6.07) is 0. The van der Waals surface area contributed by atoms with Gasteiger partial charge in [0, 0.05) is 0 Å². The number of allylic oxidation sites excluding steroid dienone is 2. The van der Waals surface area contributed by atoms with Crippen LogP contribution in [-0.2, 0) is 9.59 Å². The van der Waals surface area contributed by atoms with E-state index >= 15 is 0 Å². The number of rotatable bonds is 14. The van der Waals surface area contributed by atoms with Crippen LogP contribution < -0.4 is 11.5 Å². The van der Waals surface area contributed by atoms with Crippen LogP contribution in [0.15, 0.2) is 24.3 Å². The second-order valence-corrected chi connectivity index (χ2v) is 7.31. The molecule has 1 rings (SSSR count). The number of primary amides is 2. The smallest absolute Gasteiger partial charge is 0.228 e. The number of amides is 2. The van der Waals surface area contributed by atoms with Gasteiger partial charge in [0.2, 0.25) is 11.8 Å². The van der Waals surface area contributed by atoms with Crippen LogP contribution in [0.25, 0.3) is 0 Å². The lowest BCUT2D eigenvalue weighted by Crippen LogP contribution is -2.47. The third-order valence-electron chi connectivity index (χ3n) is 5.32. The summed E-state index contributed by atoms with van der Waals surface area (Å²) < 4.78 is 0. The summed E-state index contributed by atoms with van der Waals surface area (Å²) in [4.78, 5) is 23.7. The molecule has 2 atom stereocenters. The van der Waals surface area contributed by atoms with Crippen molar-refractivity contribution in [3.8, 4) is 0 Å². The van der Waals surface area contributed by atoms with Gasteiger partial charge >= 0.3 is 0 Å². The molecule has 4 nitrogen and oxygen atoms in total. The van der Waals surface area contributed by atoms with Gasteiger partial charge in [0.05, 0.1) is 11.3 Å². The van der Waals surface area contributed by atoms with E-state index < -0.39 is 23.1 Å². The number of carbonyl (C=O) groups excluding carboxylic acids is 2. The predicted octanol–water partition coefficient (Wildman–Crippen LogP) is 4.39. The van der Waals surface area contributed by atoms with Gasteiger partial charge in [0.25, 0.3) is 0 Å². The molecule has 1 aliphatic rings. The SMILES string of the molecule is CCCCCCCCCCCCCC1(C(N)=O)C=CC=CC1C(N)=O. The van der Waals surface area contributed by atoms with Crippen LogP contribution in [0, 0.1) is 11.3 Å². The Morgan fingerprint density at radius 1 is 0.840 bits per heavy atom. The zero-order chi connectivity index (χ0) is 18.5. The van der Waals surface area contributed by atoms with Crippen molar-refractivity contribution in [3.63, 3.8) is 0 Å². The summed E-state index contributed by atoms with van der Waals surface area (Å²) in [6.07, 6.45) is 21.3. The first-order valence-electron chi connectivity index (χ1n) is 10.00. The van der Waals surface area contributed by atoms with Gasteiger partial charge in [-0.1, -0.05) is 102 Å². The van der Waals surface area contributed by atoms with E-state index in [0.29, 0.717) is 6.42 Å². The van der Waals surface area contributed by atoms with E-state index in [1.165, 1.54) is 57.8 Å². The van der Waals surface area contributed by atoms with Gasteiger partial charge in [-0.05, 0) is 6.42 Å². The summed E-state index contributed by atoms with van der Waals surface area (Å²) in [5.41, 5.74) is 10.2. The van der Waals surface area contributed by atoms with Gasteiger partial charge < -0.3 is 11.5 Å². The van der Waals surface area contributed by atoms with Crippen LogP contribution >= 0.6 is 0 Å². The number of nitrogens with two attached hydrogens (primary N) is 2. The Morgan fingerprint density at radius 3 is 1.84 bits per heavy atom. The minimum atomic E-state index is -0.945. The monoisotopic (exact) mass is 348 g/mol.